The first kappa shape index (κ1) is 12.2. The molecule has 1 aliphatic rings. The van der Waals surface area contributed by atoms with Crippen LogP contribution in [0.1, 0.15) is 24.1 Å². The SMILES string of the molecule is CCOc1ccc(C2CN(C#N)C(=O)N2)cc1C. The number of aryl methyl sites for hydroxylation is 1. The summed E-state index contributed by atoms with van der Waals surface area (Å²) in [7, 11) is 0. The Hall–Kier alpha value is -2.22. The van der Waals surface area contributed by atoms with E-state index in [-0.39, 0.29) is 12.1 Å². The van der Waals surface area contributed by atoms with Crippen molar-refractivity contribution in [2.24, 2.45) is 0 Å². The van der Waals surface area contributed by atoms with Crippen molar-refractivity contribution >= 4 is 6.03 Å². The number of hydrogen-bond acceptors (Lipinski definition) is 3. The molecule has 5 nitrogen and oxygen atoms in total. The highest BCUT2D eigenvalue weighted by molar-refractivity contribution is 5.78. The van der Waals surface area contributed by atoms with E-state index in [1.807, 2.05) is 38.2 Å². The molecular formula is C13H15N3O2. The van der Waals surface area contributed by atoms with Crippen LogP contribution in [-0.4, -0.2) is 24.1 Å². The number of ether oxygens (including phenoxy) is 1. The third-order valence-corrected chi connectivity index (χ3v) is 2.93. The first-order valence-electron chi connectivity index (χ1n) is 5.86. The zero-order valence-corrected chi connectivity index (χ0v) is 10.4. The molecule has 94 valence electrons. The molecule has 1 fully saturated rings. The van der Waals surface area contributed by atoms with Gasteiger partial charge in [-0.25, -0.2) is 9.69 Å². The predicted octanol–water partition coefficient (Wildman–Crippen LogP) is 1.94. The zero-order valence-electron chi connectivity index (χ0n) is 10.4. The van der Waals surface area contributed by atoms with Crippen LogP contribution in [-0.2, 0) is 0 Å². The highest BCUT2D eigenvalue weighted by atomic mass is 16.5. The Kier molecular flexibility index (Phi) is 3.38. The number of hydrogen-bond donors (Lipinski definition) is 1. The first-order chi connectivity index (χ1) is 8.65. The molecule has 5 heteroatoms. The number of benzene rings is 1. The molecule has 0 radical (unpaired) electrons. The van der Waals surface area contributed by atoms with Gasteiger partial charge in [0.05, 0.1) is 19.2 Å². The van der Waals surface area contributed by atoms with E-state index in [0.29, 0.717) is 13.2 Å². The number of nitrogens with one attached hydrogen (secondary N) is 1. The maximum Gasteiger partial charge on any atom is 0.331 e. The average molecular weight is 245 g/mol. The van der Waals surface area contributed by atoms with Gasteiger partial charge in [-0.05, 0) is 31.0 Å². The van der Waals surface area contributed by atoms with Gasteiger partial charge in [-0.3, -0.25) is 0 Å². The van der Waals surface area contributed by atoms with Crippen molar-refractivity contribution in [2.75, 3.05) is 13.2 Å². The molecular weight excluding hydrogens is 230 g/mol. The highest BCUT2D eigenvalue weighted by Gasteiger charge is 2.29. The largest absolute Gasteiger partial charge is 0.494 e. The van der Waals surface area contributed by atoms with Gasteiger partial charge in [-0.2, -0.15) is 5.26 Å². The number of nitrogens with zero attached hydrogens (tertiary/aromatic N) is 2. The second-order valence-electron chi connectivity index (χ2n) is 4.17. The Morgan fingerprint density at radius 1 is 1.61 bits per heavy atom. The lowest BCUT2D eigenvalue weighted by atomic mass is 10.0. The van der Waals surface area contributed by atoms with E-state index in [2.05, 4.69) is 5.32 Å². The molecule has 1 saturated heterocycles. The van der Waals surface area contributed by atoms with Crippen molar-refractivity contribution in [3.05, 3.63) is 29.3 Å². The third-order valence-electron chi connectivity index (χ3n) is 2.93. The topological polar surface area (TPSA) is 65.4 Å². The Balaban J connectivity index is 2.18. The van der Waals surface area contributed by atoms with E-state index < -0.39 is 0 Å². The molecule has 0 aromatic heterocycles. The second kappa shape index (κ2) is 4.96. The smallest absolute Gasteiger partial charge is 0.331 e. The van der Waals surface area contributed by atoms with Crippen LogP contribution in [0.4, 0.5) is 4.79 Å². The van der Waals surface area contributed by atoms with Gasteiger partial charge in [0.25, 0.3) is 0 Å². The van der Waals surface area contributed by atoms with Gasteiger partial charge in [0, 0.05) is 0 Å². The van der Waals surface area contributed by atoms with Crippen LogP contribution < -0.4 is 10.1 Å². The lowest BCUT2D eigenvalue weighted by Gasteiger charge is -2.12. The lowest BCUT2D eigenvalue weighted by molar-refractivity contribution is 0.232. The molecule has 2 amide bonds. The monoisotopic (exact) mass is 245 g/mol. The Morgan fingerprint density at radius 3 is 2.94 bits per heavy atom. The van der Waals surface area contributed by atoms with Crippen LogP contribution in [0.3, 0.4) is 0 Å². The lowest BCUT2D eigenvalue weighted by Crippen LogP contribution is -2.23. The van der Waals surface area contributed by atoms with Crippen molar-refractivity contribution < 1.29 is 9.53 Å². The van der Waals surface area contributed by atoms with Gasteiger partial charge in [0.2, 0.25) is 0 Å². The Labute approximate surface area is 106 Å². The summed E-state index contributed by atoms with van der Waals surface area (Å²) < 4.78 is 5.47. The number of rotatable bonds is 3. The average Bonchev–Trinajstić information content (AvgIpc) is 2.73. The second-order valence-corrected chi connectivity index (χ2v) is 4.17. The molecule has 1 aromatic rings. The van der Waals surface area contributed by atoms with E-state index in [4.69, 9.17) is 10.00 Å². The summed E-state index contributed by atoms with van der Waals surface area (Å²) in [5, 5.41) is 11.5. The van der Waals surface area contributed by atoms with Gasteiger partial charge >= 0.3 is 6.03 Å². The molecule has 0 spiro atoms. The van der Waals surface area contributed by atoms with Crippen molar-refractivity contribution in [3.63, 3.8) is 0 Å². The maximum absolute atomic E-state index is 11.4. The van der Waals surface area contributed by atoms with Crippen molar-refractivity contribution in [1.29, 1.82) is 5.26 Å². The van der Waals surface area contributed by atoms with Gasteiger partial charge in [0.1, 0.15) is 5.75 Å². The van der Waals surface area contributed by atoms with Crippen molar-refractivity contribution in [2.45, 2.75) is 19.9 Å². The minimum Gasteiger partial charge on any atom is -0.494 e. The quantitative estimate of drug-likeness (QED) is 0.827. The van der Waals surface area contributed by atoms with Crippen LogP contribution in [0, 0.1) is 18.4 Å². The van der Waals surface area contributed by atoms with Crippen LogP contribution >= 0.6 is 0 Å². The van der Waals surface area contributed by atoms with Gasteiger partial charge < -0.3 is 10.1 Å². The first-order valence-corrected chi connectivity index (χ1v) is 5.86. The number of urea groups is 1. The zero-order chi connectivity index (χ0) is 13.1. The fourth-order valence-electron chi connectivity index (χ4n) is 2.02. The van der Waals surface area contributed by atoms with Crippen LogP contribution in [0.5, 0.6) is 5.75 Å². The van der Waals surface area contributed by atoms with E-state index in [1.54, 1.807) is 0 Å². The van der Waals surface area contributed by atoms with Crippen LogP contribution in [0.2, 0.25) is 0 Å². The van der Waals surface area contributed by atoms with Crippen LogP contribution in [0.15, 0.2) is 18.2 Å². The van der Waals surface area contributed by atoms with E-state index >= 15 is 0 Å². The molecule has 0 saturated carbocycles. The van der Waals surface area contributed by atoms with Gasteiger partial charge in [-0.15, -0.1) is 0 Å². The van der Waals surface area contributed by atoms with E-state index in [9.17, 15) is 4.79 Å². The van der Waals surface area contributed by atoms with Crippen molar-refractivity contribution in [1.82, 2.24) is 10.2 Å². The number of amides is 2. The number of carbonyl (C=O) groups is 1. The summed E-state index contributed by atoms with van der Waals surface area (Å²) in [5.74, 6) is 0.850. The highest BCUT2D eigenvalue weighted by Crippen LogP contribution is 2.25. The molecule has 18 heavy (non-hydrogen) atoms. The third kappa shape index (κ3) is 2.23. The van der Waals surface area contributed by atoms with E-state index in [1.165, 1.54) is 0 Å². The molecule has 1 atom stereocenters. The molecule has 2 rings (SSSR count). The van der Waals surface area contributed by atoms with Crippen LogP contribution in [0.25, 0.3) is 0 Å². The van der Waals surface area contributed by atoms with Crippen molar-refractivity contribution in [3.8, 4) is 11.9 Å². The Morgan fingerprint density at radius 2 is 2.39 bits per heavy atom. The van der Waals surface area contributed by atoms with Gasteiger partial charge in [-0.1, -0.05) is 12.1 Å². The Bertz CT molecular complexity index is 507. The molecule has 1 unspecified atom stereocenters. The standard InChI is InChI=1S/C13H15N3O2/c1-3-18-12-5-4-10(6-9(12)2)11-7-16(8-14)13(17)15-11/h4-6,11H,3,7H2,1-2H3,(H,15,17). The summed E-state index contributed by atoms with van der Waals surface area (Å²) in [6.07, 6.45) is 1.86. The molecule has 1 aromatic carbocycles. The summed E-state index contributed by atoms with van der Waals surface area (Å²) in [4.78, 5) is 12.5. The minimum absolute atomic E-state index is 0.133. The number of nitriles is 1. The predicted molar refractivity (Wildman–Crippen MR) is 65.9 cm³/mol. The normalized spacial score (nSPS) is 18.4. The maximum atomic E-state index is 11.4. The fourth-order valence-corrected chi connectivity index (χ4v) is 2.02. The molecule has 1 aliphatic heterocycles. The minimum atomic E-state index is -0.339. The summed E-state index contributed by atoms with van der Waals surface area (Å²) in [5.41, 5.74) is 2.01. The number of carbonyl (C=O) groups excluding carboxylic acids is 1. The summed E-state index contributed by atoms with van der Waals surface area (Å²) in [6, 6.07) is 5.33. The fraction of sp³-hybridized carbons (Fsp3) is 0.385. The summed E-state index contributed by atoms with van der Waals surface area (Å²) in [6.45, 7) is 4.91. The molecule has 1 heterocycles. The van der Waals surface area contributed by atoms with Gasteiger partial charge in [0.15, 0.2) is 6.19 Å². The molecule has 0 aliphatic carbocycles. The van der Waals surface area contributed by atoms with E-state index in [0.717, 1.165) is 21.8 Å². The molecule has 0 bridgehead atoms. The summed E-state index contributed by atoms with van der Waals surface area (Å²) >= 11 is 0. The molecule has 1 N–H and O–H groups in total.